The van der Waals surface area contributed by atoms with Gasteiger partial charge in [0, 0.05) is 50.7 Å². The van der Waals surface area contributed by atoms with E-state index in [1.54, 1.807) is 18.2 Å². The highest BCUT2D eigenvalue weighted by atomic mass is 19.4. The van der Waals surface area contributed by atoms with Gasteiger partial charge in [0.25, 0.3) is 0 Å². The molecule has 0 amide bonds. The first-order valence-electron chi connectivity index (χ1n) is 8.25. The Balaban J connectivity index is 1.64. The van der Waals surface area contributed by atoms with Crippen LogP contribution in [0.1, 0.15) is 18.2 Å². The van der Waals surface area contributed by atoms with E-state index in [0.29, 0.717) is 25.5 Å². The third-order valence-corrected chi connectivity index (χ3v) is 4.37. The van der Waals surface area contributed by atoms with E-state index in [2.05, 4.69) is 19.9 Å². The van der Waals surface area contributed by atoms with Crippen LogP contribution in [0.2, 0.25) is 0 Å². The Bertz CT molecular complexity index is 738. The number of rotatable bonds is 4. The van der Waals surface area contributed by atoms with Gasteiger partial charge in [0.15, 0.2) is 0 Å². The van der Waals surface area contributed by atoms with Crippen molar-refractivity contribution >= 4 is 5.95 Å². The maximum Gasteiger partial charge on any atom is 0.433 e. The second kappa shape index (κ2) is 7.45. The predicted molar refractivity (Wildman–Crippen MR) is 89.9 cm³/mol. The lowest BCUT2D eigenvalue weighted by atomic mass is 10.1. The highest BCUT2D eigenvalue weighted by Gasteiger charge is 2.34. The first kappa shape index (κ1) is 18.4. The molecule has 6 nitrogen and oxygen atoms in total. The Morgan fingerprint density at radius 3 is 2.62 bits per heavy atom. The summed E-state index contributed by atoms with van der Waals surface area (Å²) in [4.78, 5) is 15.9. The normalized spacial score (nSPS) is 18.8. The largest absolute Gasteiger partial charge is 0.481 e. The van der Waals surface area contributed by atoms with Crippen molar-refractivity contribution in [3.8, 4) is 5.88 Å². The average Bonchev–Trinajstić information content (AvgIpc) is 2.63. The molecule has 3 rings (SSSR count). The SMILES string of the molecule is COc1ccc(CN2CCN(c3nccc(C(F)(F)F)n3)CC2C)cn1. The zero-order valence-electron chi connectivity index (χ0n) is 14.6. The van der Waals surface area contributed by atoms with Crippen LogP contribution in [-0.2, 0) is 12.7 Å². The minimum absolute atomic E-state index is 0.123. The molecular formula is C17H20F3N5O. The first-order valence-corrected chi connectivity index (χ1v) is 8.25. The minimum Gasteiger partial charge on any atom is -0.481 e. The predicted octanol–water partition coefficient (Wildman–Crippen LogP) is 2.61. The Hall–Kier alpha value is -2.42. The molecule has 1 atom stereocenters. The van der Waals surface area contributed by atoms with Crippen molar-refractivity contribution in [2.45, 2.75) is 25.7 Å². The quantitative estimate of drug-likeness (QED) is 0.828. The minimum atomic E-state index is -4.47. The Morgan fingerprint density at radius 2 is 2.00 bits per heavy atom. The fraction of sp³-hybridized carbons (Fsp3) is 0.471. The number of hydrogen-bond acceptors (Lipinski definition) is 6. The summed E-state index contributed by atoms with van der Waals surface area (Å²) in [5.41, 5.74) is 0.142. The number of anilines is 1. The Kier molecular flexibility index (Phi) is 5.26. The molecule has 1 aliphatic rings. The lowest BCUT2D eigenvalue weighted by molar-refractivity contribution is -0.141. The number of pyridine rings is 1. The molecule has 2 aromatic heterocycles. The fourth-order valence-corrected chi connectivity index (χ4v) is 2.93. The van der Waals surface area contributed by atoms with Crippen LogP contribution < -0.4 is 9.64 Å². The van der Waals surface area contributed by atoms with Crippen molar-refractivity contribution in [1.82, 2.24) is 19.9 Å². The molecule has 0 radical (unpaired) electrons. The fourth-order valence-electron chi connectivity index (χ4n) is 2.93. The summed E-state index contributed by atoms with van der Waals surface area (Å²) < 4.78 is 43.6. The van der Waals surface area contributed by atoms with E-state index in [-0.39, 0.29) is 12.0 Å². The van der Waals surface area contributed by atoms with Gasteiger partial charge in [0.1, 0.15) is 5.69 Å². The third-order valence-electron chi connectivity index (χ3n) is 4.37. The summed E-state index contributed by atoms with van der Waals surface area (Å²) in [7, 11) is 1.57. The molecule has 0 bridgehead atoms. The molecule has 140 valence electrons. The lowest BCUT2D eigenvalue weighted by Gasteiger charge is -2.39. The van der Waals surface area contributed by atoms with Gasteiger partial charge < -0.3 is 9.64 Å². The van der Waals surface area contributed by atoms with Crippen molar-refractivity contribution in [1.29, 1.82) is 0 Å². The molecule has 1 saturated heterocycles. The monoisotopic (exact) mass is 367 g/mol. The Morgan fingerprint density at radius 1 is 1.19 bits per heavy atom. The van der Waals surface area contributed by atoms with Crippen molar-refractivity contribution in [2.75, 3.05) is 31.6 Å². The second-order valence-electron chi connectivity index (χ2n) is 6.21. The van der Waals surface area contributed by atoms with Crippen LogP contribution in [0.4, 0.5) is 19.1 Å². The number of aromatic nitrogens is 3. The van der Waals surface area contributed by atoms with E-state index in [0.717, 1.165) is 24.4 Å². The van der Waals surface area contributed by atoms with E-state index in [9.17, 15) is 13.2 Å². The van der Waals surface area contributed by atoms with Crippen LogP contribution in [0.15, 0.2) is 30.6 Å². The number of alkyl halides is 3. The summed E-state index contributed by atoms with van der Waals surface area (Å²) in [6.07, 6.45) is -1.54. The molecule has 0 aliphatic carbocycles. The molecule has 2 aromatic rings. The lowest BCUT2D eigenvalue weighted by Crippen LogP contribution is -2.52. The molecule has 0 saturated carbocycles. The maximum atomic E-state index is 12.8. The summed E-state index contributed by atoms with van der Waals surface area (Å²) in [6, 6.07) is 4.80. The van der Waals surface area contributed by atoms with E-state index >= 15 is 0 Å². The van der Waals surface area contributed by atoms with Gasteiger partial charge >= 0.3 is 6.18 Å². The van der Waals surface area contributed by atoms with Crippen molar-refractivity contribution in [2.24, 2.45) is 0 Å². The number of ether oxygens (including phenoxy) is 1. The van der Waals surface area contributed by atoms with Crippen molar-refractivity contribution in [3.63, 3.8) is 0 Å². The summed E-state index contributed by atoms with van der Waals surface area (Å²) in [6.45, 7) is 4.58. The molecule has 1 unspecified atom stereocenters. The van der Waals surface area contributed by atoms with E-state index in [1.807, 2.05) is 19.1 Å². The molecule has 3 heterocycles. The molecular weight excluding hydrogens is 347 g/mol. The van der Waals surface area contributed by atoms with Gasteiger partial charge in [0.2, 0.25) is 11.8 Å². The number of nitrogens with zero attached hydrogens (tertiary/aromatic N) is 5. The van der Waals surface area contributed by atoms with Gasteiger partial charge in [-0.3, -0.25) is 4.90 Å². The summed E-state index contributed by atoms with van der Waals surface area (Å²) in [5.74, 6) is 0.686. The number of halogens is 3. The van der Waals surface area contributed by atoms with Crippen LogP contribution >= 0.6 is 0 Å². The van der Waals surface area contributed by atoms with Crippen LogP contribution in [0.25, 0.3) is 0 Å². The summed E-state index contributed by atoms with van der Waals surface area (Å²) >= 11 is 0. The average molecular weight is 367 g/mol. The molecule has 1 aliphatic heterocycles. The topological polar surface area (TPSA) is 54.4 Å². The first-order chi connectivity index (χ1) is 12.4. The van der Waals surface area contributed by atoms with Gasteiger partial charge in [-0.2, -0.15) is 13.2 Å². The second-order valence-corrected chi connectivity index (χ2v) is 6.21. The van der Waals surface area contributed by atoms with Gasteiger partial charge in [-0.05, 0) is 18.6 Å². The van der Waals surface area contributed by atoms with E-state index in [4.69, 9.17) is 4.74 Å². The molecule has 0 N–H and O–H groups in total. The highest BCUT2D eigenvalue weighted by molar-refractivity contribution is 5.32. The van der Waals surface area contributed by atoms with E-state index in [1.165, 1.54) is 0 Å². The molecule has 0 spiro atoms. The van der Waals surface area contributed by atoms with Gasteiger partial charge in [-0.1, -0.05) is 6.07 Å². The summed E-state index contributed by atoms with van der Waals surface area (Å²) in [5, 5.41) is 0. The zero-order valence-corrected chi connectivity index (χ0v) is 14.6. The highest BCUT2D eigenvalue weighted by Crippen LogP contribution is 2.28. The van der Waals surface area contributed by atoms with Crippen LogP contribution in [0.3, 0.4) is 0 Å². The van der Waals surface area contributed by atoms with E-state index < -0.39 is 11.9 Å². The standard InChI is InChI=1S/C17H20F3N5O/c1-12-10-25(16-21-6-5-14(23-16)17(18,19)20)8-7-24(12)11-13-3-4-15(26-2)22-9-13/h3-6,9,12H,7-8,10-11H2,1-2H3. The van der Waals surface area contributed by atoms with Crippen molar-refractivity contribution in [3.05, 3.63) is 41.9 Å². The molecule has 26 heavy (non-hydrogen) atoms. The number of hydrogen-bond donors (Lipinski definition) is 0. The van der Waals surface area contributed by atoms with Crippen LogP contribution in [0, 0.1) is 0 Å². The van der Waals surface area contributed by atoms with Crippen LogP contribution in [0.5, 0.6) is 5.88 Å². The number of piperazine rings is 1. The van der Waals surface area contributed by atoms with Gasteiger partial charge in [-0.15, -0.1) is 0 Å². The van der Waals surface area contributed by atoms with Crippen molar-refractivity contribution < 1.29 is 17.9 Å². The van der Waals surface area contributed by atoms with Crippen LogP contribution in [-0.4, -0.2) is 52.6 Å². The third kappa shape index (κ3) is 4.21. The van der Waals surface area contributed by atoms with Gasteiger partial charge in [0.05, 0.1) is 7.11 Å². The molecule has 0 aromatic carbocycles. The maximum absolute atomic E-state index is 12.8. The zero-order chi connectivity index (χ0) is 18.7. The molecule has 9 heteroatoms. The smallest absolute Gasteiger partial charge is 0.433 e. The molecule has 1 fully saturated rings. The number of methoxy groups -OCH3 is 1. The Labute approximate surface area is 149 Å². The van der Waals surface area contributed by atoms with Gasteiger partial charge in [-0.25, -0.2) is 15.0 Å².